The Balaban J connectivity index is 2.19. The van der Waals surface area contributed by atoms with E-state index in [0.717, 1.165) is 5.76 Å². The Labute approximate surface area is 113 Å². The fourth-order valence-electron chi connectivity index (χ4n) is 2.16. The number of hydrogen-bond donors (Lipinski definition) is 1. The first-order valence-electron chi connectivity index (χ1n) is 6.48. The number of hydrogen-bond acceptors (Lipinski definition) is 3. The Morgan fingerprint density at radius 2 is 2.16 bits per heavy atom. The molecule has 1 atom stereocenters. The lowest BCUT2D eigenvalue weighted by Crippen LogP contribution is -2.51. The maximum absolute atomic E-state index is 12.5. The summed E-state index contributed by atoms with van der Waals surface area (Å²) in [5, 5.41) is 2.82. The van der Waals surface area contributed by atoms with Gasteiger partial charge < -0.3 is 14.6 Å². The van der Waals surface area contributed by atoms with Crippen molar-refractivity contribution in [3.05, 3.63) is 24.2 Å². The molecular weight excluding hydrogens is 244 g/mol. The molecule has 0 radical (unpaired) electrons. The molecule has 5 heteroatoms. The van der Waals surface area contributed by atoms with Gasteiger partial charge >= 0.3 is 0 Å². The minimum Gasteiger partial charge on any atom is -0.467 e. The van der Waals surface area contributed by atoms with Crippen LogP contribution in [0.4, 0.5) is 0 Å². The van der Waals surface area contributed by atoms with E-state index in [4.69, 9.17) is 4.42 Å². The second-order valence-corrected chi connectivity index (χ2v) is 5.96. The van der Waals surface area contributed by atoms with Crippen molar-refractivity contribution in [2.45, 2.75) is 39.8 Å². The fourth-order valence-corrected chi connectivity index (χ4v) is 2.16. The number of amides is 2. The summed E-state index contributed by atoms with van der Waals surface area (Å²) in [4.78, 5) is 25.9. The molecule has 1 unspecified atom stereocenters. The summed E-state index contributed by atoms with van der Waals surface area (Å²) in [6.07, 6.45) is 1.92. The van der Waals surface area contributed by atoms with Gasteiger partial charge in [0, 0.05) is 13.0 Å². The maximum Gasteiger partial charge on any atom is 0.246 e. The molecule has 2 heterocycles. The van der Waals surface area contributed by atoms with E-state index in [1.54, 1.807) is 17.2 Å². The molecular formula is C14H20N2O3. The van der Waals surface area contributed by atoms with E-state index < -0.39 is 6.04 Å². The van der Waals surface area contributed by atoms with Crippen LogP contribution in [0.15, 0.2) is 22.8 Å². The molecule has 1 N–H and O–H groups in total. The molecule has 1 aliphatic rings. The summed E-state index contributed by atoms with van der Waals surface area (Å²) in [5.41, 5.74) is -0.307. The molecule has 0 bridgehead atoms. The van der Waals surface area contributed by atoms with Crippen LogP contribution in [0, 0.1) is 5.41 Å². The highest BCUT2D eigenvalue weighted by molar-refractivity contribution is 5.90. The molecule has 0 aliphatic carbocycles. The average Bonchev–Trinajstić information content (AvgIpc) is 2.77. The highest BCUT2D eigenvalue weighted by atomic mass is 16.3. The number of nitrogens with zero attached hydrogens (tertiary/aromatic N) is 1. The van der Waals surface area contributed by atoms with Gasteiger partial charge in [-0.1, -0.05) is 20.8 Å². The van der Waals surface area contributed by atoms with Crippen LogP contribution in [0.5, 0.6) is 0 Å². The molecule has 2 amide bonds. The summed E-state index contributed by atoms with van der Waals surface area (Å²) >= 11 is 0. The first-order chi connectivity index (χ1) is 8.88. The van der Waals surface area contributed by atoms with Gasteiger partial charge in [-0.25, -0.2) is 0 Å². The van der Waals surface area contributed by atoms with Crippen LogP contribution in [-0.4, -0.2) is 29.3 Å². The molecule has 1 aromatic rings. The highest BCUT2D eigenvalue weighted by Crippen LogP contribution is 2.23. The predicted molar refractivity (Wildman–Crippen MR) is 70.1 cm³/mol. The van der Waals surface area contributed by atoms with Gasteiger partial charge in [0.25, 0.3) is 0 Å². The zero-order chi connectivity index (χ0) is 14.0. The standard InChI is InChI=1S/C14H20N2O3/c1-14(2,3)12-13(18)16(7-6-11(17)15-12)9-10-5-4-8-19-10/h4-5,8,12H,6-7,9H2,1-3H3,(H,15,17). The van der Waals surface area contributed by atoms with E-state index >= 15 is 0 Å². The molecule has 0 aromatic carbocycles. The van der Waals surface area contributed by atoms with Crippen LogP contribution in [0.2, 0.25) is 0 Å². The van der Waals surface area contributed by atoms with E-state index in [0.29, 0.717) is 19.5 Å². The zero-order valence-electron chi connectivity index (χ0n) is 11.6. The van der Waals surface area contributed by atoms with Crippen molar-refractivity contribution < 1.29 is 14.0 Å². The lowest BCUT2D eigenvalue weighted by molar-refractivity contribution is -0.137. The first-order valence-corrected chi connectivity index (χ1v) is 6.48. The number of rotatable bonds is 2. The smallest absolute Gasteiger partial charge is 0.246 e. The maximum atomic E-state index is 12.5. The number of furan rings is 1. The van der Waals surface area contributed by atoms with Crippen molar-refractivity contribution in [2.24, 2.45) is 5.41 Å². The molecule has 5 nitrogen and oxygen atoms in total. The zero-order valence-corrected chi connectivity index (χ0v) is 11.6. The van der Waals surface area contributed by atoms with Gasteiger partial charge in [0.05, 0.1) is 12.8 Å². The SMILES string of the molecule is CC(C)(C)C1NC(=O)CCN(Cc2ccco2)C1=O. The minimum absolute atomic E-state index is 0.0465. The second kappa shape index (κ2) is 5.07. The Bertz CT molecular complexity index is 460. The van der Waals surface area contributed by atoms with Gasteiger partial charge in [-0.2, -0.15) is 0 Å². The Morgan fingerprint density at radius 1 is 1.42 bits per heavy atom. The van der Waals surface area contributed by atoms with Gasteiger partial charge in [0.2, 0.25) is 11.8 Å². The lowest BCUT2D eigenvalue weighted by atomic mass is 9.86. The van der Waals surface area contributed by atoms with Gasteiger partial charge in [0.15, 0.2) is 0 Å². The first kappa shape index (κ1) is 13.6. The summed E-state index contributed by atoms with van der Waals surface area (Å²) in [6, 6.07) is 3.14. The van der Waals surface area contributed by atoms with Crippen LogP contribution >= 0.6 is 0 Å². The highest BCUT2D eigenvalue weighted by Gasteiger charge is 2.37. The molecule has 0 spiro atoms. The third kappa shape index (κ3) is 3.16. The van der Waals surface area contributed by atoms with Crippen molar-refractivity contribution in [1.82, 2.24) is 10.2 Å². The molecule has 19 heavy (non-hydrogen) atoms. The average molecular weight is 264 g/mol. The van der Waals surface area contributed by atoms with Crippen LogP contribution in [0.3, 0.4) is 0 Å². The predicted octanol–water partition coefficient (Wildman–Crippen LogP) is 1.54. The van der Waals surface area contributed by atoms with Crippen molar-refractivity contribution in [3.63, 3.8) is 0 Å². The molecule has 1 aromatic heterocycles. The molecule has 1 aliphatic heterocycles. The Morgan fingerprint density at radius 3 is 2.74 bits per heavy atom. The quantitative estimate of drug-likeness (QED) is 0.881. The van der Waals surface area contributed by atoms with Gasteiger partial charge in [0.1, 0.15) is 11.8 Å². The van der Waals surface area contributed by atoms with Gasteiger partial charge in [-0.15, -0.1) is 0 Å². The van der Waals surface area contributed by atoms with E-state index in [-0.39, 0.29) is 17.2 Å². The van der Waals surface area contributed by atoms with E-state index in [1.807, 2.05) is 26.8 Å². The van der Waals surface area contributed by atoms with Crippen molar-refractivity contribution in [2.75, 3.05) is 6.54 Å². The van der Waals surface area contributed by atoms with E-state index in [9.17, 15) is 9.59 Å². The number of carbonyl (C=O) groups is 2. The van der Waals surface area contributed by atoms with Crippen LogP contribution < -0.4 is 5.32 Å². The van der Waals surface area contributed by atoms with Gasteiger partial charge in [-0.05, 0) is 17.5 Å². The van der Waals surface area contributed by atoms with Crippen molar-refractivity contribution >= 4 is 11.8 Å². The van der Waals surface area contributed by atoms with Crippen molar-refractivity contribution in [1.29, 1.82) is 0 Å². The van der Waals surface area contributed by atoms with Crippen LogP contribution in [-0.2, 0) is 16.1 Å². The fraction of sp³-hybridized carbons (Fsp3) is 0.571. The Kier molecular flexibility index (Phi) is 3.64. The number of nitrogens with one attached hydrogen (secondary N) is 1. The monoisotopic (exact) mass is 264 g/mol. The second-order valence-electron chi connectivity index (χ2n) is 5.96. The summed E-state index contributed by atoms with van der Waals surface area (Å²) in [5.74, 6) is 0.611. The Hall–Kier alpha value is -1.78. The third-order valence-electron chi connectivity index (χ3n) is 3.27. The molecule has 0 saturated carbocycles. The molecule has 104 valence electrons. The largest absolute Gasteiger partial charge is 0.467 e. The van der Waals surface area contributed by atoms with Crippen LogP contribution in [0.25, 0.3) is 0 Å². The third-order valence-corrected chi connectivity index (χ3v) is 3.27. The summed E-state index contributed by atoms with van der Waals surface area (Å²) in [7, 11) is 0. The van der Waals surface area contributed by atoms with Gasteiger partial charge in [-0.3, -0.25) is 9.59 Å². The normalized spacial score (nSPS) is 21.2. The van der Waals surface area contributed by atoms with E-state index in [1.165, 1.54) is 0 Å². The minimum atomic E-state index is -0.488. The van der Waals surface area contributed by atoms with Crippen LogP contribution in [0.1, 0.15) is 33.0 Å². The van der Waals surface area contributed by atoms with Crippen molar-refractivity contribution in [3.8, 4) is 0 Å². The van der Waals surface area contributed by atoms with E-state index in [2.05, 4.69) is 5.32 Å². The molecule has 1 fully saturated rings. The topological polar surface area (TPSA) is 62.6 Å². The molecule has 2 rings (SSSR count). The summed E-state index contributed by atoms with van der Waals surface area (Å²) < 4.78 is 5.27. The lowest BCUT2D eigenvalue weighted by Gasteiger charge is -2.32. The molecule has 1 saturated heterocycles. The number of carbonyl (C=O) groups excluding carboxylic acids is 2. The summed E-state index contributed by atoms with van der Waals surface area (Å²) in [6.45, 7) is 6.69.